The van der Waals surface area contributed by atoms with E-state index >= 15 is 0 Å². The van der Waals surface area contributed by atoms with E-state index in [2.05, 4.69) is 16.0 Å². The van der Waals surface area contributed by atoms with E-state index < -0.39 is 235 Å². The van der Waals surface area contributed by atoms with Crippen LogP contribution in [-0.2, 0) is 71.3 Å². The van der Waals surface area contributed by atoms with Crippen molar-refractivity contribution in [3.05, 3.63) is 59.7 Å². The number of nitrogens with two attached hydrogens (primary N) is 1. The molecule has 6 aliphatic rings. The molecule has 5 heterocycles. The molecule has 34 nitrogen and oxygen atoms in total. The SMILES string of the molecule is CC(=O)N[C@@H]1[C@@H](O)[C@H](O[C@@H]2O[C@H](CO)[C@@H](O[C@@H]3O[C@H](CO[C@@H]4O[C@@H](CO)[C@H](O)[C@@H](O)[C@H]4O)[C@@H](O)[C@H](O[C@@H]4O[C@@H](CO)[C@H](O)[C@@H](O)[C@H]4O)[C@@H]3O)[C@H](O)[C@H]2NC(C)=O)[C@@H](CO)O[C@H]1N[C@@H](CC(N)=O)C(=O)OC(=O)OCC1c2ccccc2-c2ccccc21. The third-order valence-electron chi connectivity index (χ3n) is 15.7. The van der Waals surface area contributed by atoms with Gasteiger partial charge in [0, 0.05) is 19.8 Å². The summed E-state index contributed by atoms with van der Waals surface area (Å²) in [6, 6.07) is 9.45. The first-order valence-corrected chi connectivity index (χ1v) is 27.7. The number of benzene rings is 2. The van der Waals surface area contributed by atoms with Crippen LogP contribution < -0.4 is 21.7 Å². The zero-order valence-electron chi connectivity index (χ0n) is 46.5. The zero-order chi connectivity index (χ0) is 63.3. The minimum absolute atomic E-state index is 0.265. The van der Waals surface area contributed by atoms with Gasteiger partial charge in [0.2, 0.25) is 17.7 Å². The molecule has 8 rings (SSSR count). The van der Waals surface area contributed by atoms with Crippen molar-refractivity contribution in [2.45, 2.75) is 186 Å². The Labute approximate surface area is 494 Å². The summed E-state index contributed by atoms with van der Waals surface area (Å²) in [4.78, 5) is 64.7. The number of amides is 3. The fourth-order valence-electron chi connectivity index (χ4n) is 11.3. The van der Waals surface area contributed by atoms with Gasteiger partial charge in [0.15, 0.2) is 25.2 Å². The van der Waals surface area contributed by atoms with Crippen molar-refractivity contribution in [3.63, 3.8) is 0 Å². The highest BCUT2D eigenvalue weighted by Gasteiger charge is 2.57. The lowest BCUT2D eigenvalue weighted by Crippen LogP contribution is -2.72. The van der Waals surface area contributed by atoms with Crippen molar-refractivity contribution in [1.82, 2.24) is 16.0 Å². The Kier molecular flexibility index (Phi) is 23.1. The first kappa shape index (κ1) is 67.8. The number of primary amides is 1. The lowest BCUT2D eigenvalue weighted by atomic mass is 9.93. The van der Waals surface area contributed by atoms with Gasteiger partial charge >= 0.3 is 12.1 Å². The first-order valence-electron chi connectivity index (χ1n) is 27.7. The lowest BCUT2D eigenvalue weighted by molar-refractivity contribution is -0.383. The summed E-state index contributed by atoms with van der Waals surface area (Å²) in [5, 5.41) is 159. The molecule has 0 saturated carbocycles. The summed E-state index contributed by atoms with van der Waals surface area (Å²) < 4.78 is 62.7. The van der Waals surface area contributed by atoms with E-state index in [0.717, 1.165) is 36.1 Å². The maximum atomic E-state index is 13.7. The number of aliphatic hydroxyl groups is 14. The Bertz CT molecular complexity index is 2620. The number of fused-ring (bicyclic) bond motifs is 3. The number of hydrogen-bond donors (Lipinski definition) is 18. The summed E-state index contributed by atoms with van der Waals surface area (Å²) in [6.45, 7) is -3.08. The Morgan fingerprint density at radius 3 is 1.52 bits per heavy atom. The fourth-order valence-corrected chi connectivity index (χ4v) is 11.3. The second-order valence-corrected chi connectivity index (χ2v) is 21.6. The second-order valence-electron chi connectivity index (χ2n) is 21.6. The highest BCUT2D eigenvalue weighted by molar-refractivity contribution is 5.89. The van der Waals surface area contributed by atoms with Crippen LogP contribution in [0.1, 0.15) is 37.3 Å². The summed E-state index contributed by atoms with van der Waals surface area (Å²) in [5.41, 5.74) is 9.00. The highest BCUT2D eigenvalue weighted by Crippen LogP contribution is 2.45. The number of carbonyl (C=O) groups excluding carboxylic acids is 5. The quantitative estimate of drug-likeness (QED) is 0.0384. The van der Waals surface area contributed by atoms with Gasteiger partial charge < -0.3 is 140 Å². The van der Waals surface area contributed by atoms with Gasteiger partial charge in [0.25, 0.3) is 0 Å². The van der Waals surface area contributed by atoms with E-state index in [4.69, 9.17) is 57.8 Å². The van der Waals surface area contributed by atoms with Crippen LogP contribution in [0.5, 0.6) is 0 Å². The molecule has 34 heteroatoms. The molecule has 5 aliphatic heterocycles. The minimum Gasteiger partial charge on any atom is -0.433 e. The number of carbonyl (C=O) groups is 5. The number of nitrogens with one attached hydrogen (secondary N) is 3. The van der Waals surface area contributed by atoms with E-state index in [1.165, 1.54) is 0 Å². The topological polar surface area (TPSA) is 532 Å². The van der Waals surface area contributed by atoms with Gasteiger partial charge in [-0.05, 0) is 22.3 Å². The van der Waals surface area contributed by atoms with Crippen LogP contribution >= 0.6 is 0 Å². The van der Waals surface area contributed by atoms with Crippen LogP contribution in [0.3, 0.4) is 0 Å². The van der Waals surface area contributed by atoms with E-state index in [-0.39, 0.29) is 6.61 Å². The van der Waals surface area contributed by atoms with E-state index in [1.54, 1.807) is 0 Å². The molecule has 87 heavy (non-hydrogen) atoms. The average molecular weight is 1250 g/mol. The summed E-state index contributed by atoms with van der Waals surface area (Å²) in [6.07, 6.45) is -46.6. The first-order chi connectivity index (χ1) is 41.4. The molecular formula is C53H74N4O30. The predicted molar refractivity (Wildman–Crippen MR) is 279 cm³/mol. The third kappa shape index (κ3) is 15.0. The Balaban J connectivity index is 0.985. The van der Waals surface area contributed by atoms with Crippen molar-refractivity contribution in [2.24, 2.45) is 5.73 Å². The molecule has 1 aliphatic carbocycles. The smallest absolute Gasteiger partial charge is 0.433 e. The molecule has 0 spiro atoms. The van der Waals surface area contributed by atoms with Gasteiger partial charge in [-0.15, -0.1) is 0 Å². The Morgan fingerprint density at radius 1 is 0.506 bits per heavy atom. The van der Waals surface area contributed by atoms with Gasteiger partial charge in [-0.3, -0.25) is 19.7 Å². The number of rotatable bonds is 22. The highest BCUT2D eigenvalue weighted by atomic mass is 16.8. The van der Waals surface area contributed by atoms with Crippen molar-refractivity contribution in [2.75, 3.05) is 39.6 Å². The van der Waals surface area contributed by atoms with Gasteiger partial charge in [0.05, 0.1) is 45.5 Å². The molecule has 0 unspecified atom stereocenters. The largest absolute Gasteiger partial charge is 0.516 e. The molecular weight excluding hydrogens is 1170 g/mol. The molecule has 486 valence electrons. The van der Waals surface area contributed by atoms with Gasteiger partial charge in [0.1, 0.15) is 135 Å². The molecule has 2 aromatic rings. The molecule has 2 aromatic carbocycles. The van der Waals surface area contributed by atoms with Gasteiger partial charge in [-0.2, -0.15) is 0 Å². The molecule has 26 atom stereocenters. The monoisotopic (exact) mass is 1250 g/mol. The van der Waals surface area contributed by atoms with Crippen LogP contribution in [0.4, 0.5) is 4.79 Å². The van der Waals surface area contributed by atoms with E-state index in [0.29, 0.717) is 0 Å². The molecule has 3 amide bonds. The maximum absolute atomic E-state index is 13.7. The number of aliphatic hydroxyl groups excluding tert-OH is 14. The summed E-state index contributed by atoms with van der Waals surface area (Å²) in [7, 11) is 0. The summed E-state index contributed by atoms with van der Waals surface area (Å²) >= 11 is 0. The molecule has 5 fully saturated rings. The van der Waals surface area contributed by atoms with Gasteiger partial charge in [-0.1, -0.05) is 48.5 Å². The van der Waals surface area contributed by atoms with E-state index in [1.807, 2.05) is 48.5 Å². The van der Waals surface area contributed by atoms with E-state index in [9.17, 15) is 95.5 Å². The molecule has 0 radical (unpaired) electrons. The third-order valence-corrected chi connectivity index (χ3v) is 15.7. The normalized spacial score (nSPS) is 39.0. The van der Waals surface area contributed by atoms with Crippen molar-refractivity contribution >= 4 is 29.8 Å². The van der Waals surface area contributed by atoms with Crippen molar-refractivity contribution in [3.8, 4) is 11.1 Å². The molecule has 19 N–H and O–H groups in total. The standard InChI is InChI=1S/C53H74N4O30/c1-18(62)55-32-37(68)44(28(14-60)79-47(32)57-25(11-31(54)64)48(75)87-53(76)78-16-24-22-9-5-3-7-20(22)21-8-4-6-10-23(21)24)84-49-33(56-19(2)63)38(69)45(29(15-61)82-49)85-52-43(74)46(86-51-42(73)40(71)35(66)27(13-59)81-51)36(67)30(83-52)17-77-50-41(72)39(70)34(65)26(12-58)80-50/h3-10,24-30,32-47,49-52,57-61,65-74H,11-17H2,1-2H3,(H2,54,64)(H,55,62)(H,56,63)/t25-,26-,27-,28+,29+,30+,32+,33+,34-,35-,36+,37+,38+,39+,40+,41+,42+,43-,44+,45+,46-,47+,49-,50+,51-,52-/m0/s1. The predicted octanol–water partition coefficient (Wildman–Crippen LogP) is -9.30. The van der Waals surface area contributed by atoms with Crippen LogP contribution in [0.25, 0.3) is 11.1 Å². The number of esters is 1. The van der Waals surface area contributed by atoms with Gasteiger partial charge in [-0.25, -0.2) is 9.59 Å². The van der Waals surface area contributed by atoms with Crippen molar-refractivity contribution < 1.29 is 148 Å². The number of ether oxygens (including phenoxy) is 11. The van der Waals surface area contributed by atoms with Crippen LogP contribution in [0.2, 0.25) is 0 Å². The van der Waals surface area contributed by atoms with Crippen molar-refractivity contribution in [1.29, 1.82) is 0 Å². The Hall–Kier alpha value is -5.17. The summed E-state index contributed by atoms with van der Waals surface area (Å²) in [5.74, 6) is -4.67. The average Bonchev–Trinajstić information content (AvgIpc) is 1.95. The van der Waals surface area contributed by atoms with Crippen LogP contribution in [-0.4, -0.2) is 300 Å². The molecule has 5 saturated heterocycles. The Morgan fingerprint density at radius 2 is 0.966 bits per heavy atom. The maximum Gasteiger partial charge on any atom is 0.516 e. The number of hydrogen-bond acceptors (Lipinski definition) is 31. The van der Waals surface area contributed by atoms with Crippen LogP contribution in [0, 0.1) is 0 Å². The lowest BCUT2D eigenvalue weighted by Gasteiger charge is -2.50. The zero-order valence-corrected chi connectivity index (χ0v) is 46.5. The fraction of sp³-hybridized carbons (Fsp3) is 0.679. The molecule has 0 aromatic heterocycles. The minimum atomic E-state index is -2.26. The van der Waals surface area contributed by atoms with Crippen LogP contribution in [0.15, 0.2) is 48.5 Å². The molecule has 0 bridgehead atoms. The second kappa shape index (κ2) is 29.6.